The second-order valence-electron chi connectivity index (χ2n) is 11.0. The number of halogens is 2. The van der Waals surface area contributed by atoms with E-state index in [-0.39, 0.29) is 17.5 Å². The Morgan fingerprint density at radius 2 is 1.91 bits per heavy atom. The van der Waals surface area contributed by atoms with Crippen LogP contribution >= 0.6 is 0 Å². The molecule has 5 aromatic rings. The van der Waals surface area contributed by atoms with E-state index < -0.39 is 17.7 Å². The normalized spacial score (nSPS) is 19.0. The maximum Gasteiger partial charge on any atom is 0.245 e. The first-order valence-corrected chi connectivity index (χ1v) is 14.2. The number of nitrogens with one attached hydrogen (secondary N) is 2. The van der Waals surface area contributed by atoms with E-state index in [9.17, 15) is 13.6 Å². The molecule has 0 saturated carbocycles. The van der Waals surface area contributed by atoms with Crippen LogP contribution in [0, 0.1) is 11.6 Å². The fourth-order valence-corrected chi connectivity index (χ4v) is 6.06. The second kappa shape index (κ2) is 10.6. The lowest BCUT2D eigenvalue weighted by Gasteiger charge is -2.29. The number of likely N-dealkylation sites (N-methyl/N-ethyl adjacent to an activating group) is 1. The van der Waals surface area contributed by atoms with Gasteiger partial charge >= 0.3 is 0 Å². The van der Waals surface area contributed by atoms with E-state index in [1.807, 2.05) is 41.9 Å². The summed E-state index contributed by atoms with van der Waals surface area (Å²) in [6.45, 7) is 1.05. The van der Waals surface area contributed by atoms with Crippen molar-refractivity contribution in [2.45, 2.75) is 31.3 Å². The van der Waals surface area contributed by atoms with Gasteiger partial charge in [-0.15, -0.1) is 0 Å². The van der Waals surface area contributed by atoms with Crippen LogP contribution < -0.4 is 15.5 Å². The Balaban J connectivity index is 1.26. The van der Waals surface area contributed by atoms with Crippen molar-refractivity contribution >= 4 is 34.6 Å². The molecular formula is C30H30F2N10O. The number of carbonyl (C=O) groups is 1. The third-order valence-corrected chi connectivity index (χ3v) is 8.18. The van der Waals surface area contributed by atoms with E-state index in [4.69, 9.17) is 4.98 Å². The minimum absolute atomic E-state index is 0.0163. The van der Waals surface area contributed by atoms with Gasteiger partial charge in [-0.3, -0.25) is 13.9 Å². The van der Waals surface area contributed by atoms with Gasteiger partial charge in [-0.25, -0.2) is 23.7 Å². The number of amides is 1. The summed E-state index contributed by atoms with van der Waals surface area (Å²) in [6, 6.07) is 8.55. The number of pyridine rings is 1. The summed E-state index contributed by atoms with van der Waals surface area (Å²) in [7, 11) is 3.74. The molecule has 1 amide bonds. The van der Waals surface area contributed by atoms with Gasteiger partial charge in [0.05, 0.1) is 29.3 Å². The third-order valence-electron chi connectivity index (χ3n) is 8.18. The van der Waals surface area contributed by atoms with Gasteiger partial charge in [0.25, 0.3) is 0 Å². The molecule has 13 heteroatoms. The highest BCUT2D eigenvalue weighted by Gasteiger charge is 2.40. The van der Waals surface area contributed by atoms with Crippen molar-refractivity contribution < 1.29 is 13.6 Å². The molecule has 2 aliphatic rings. The molecule has 220 valence electrons. The Bertz CT molecular complexity index is 1840. The summed E-state index contributed by atoms with van der Waals surface area (Å²) in [5.74, 6) is 0.875. The number of hydrogen-bond acceptors (Lipinski definition) is 8. The van der Waals surface area contributed by atoms with E-state index in [0.717, 1.165) is 30.3 Å². The highest BCUT2D eigenvalue weighted by Crippen LogP contribution is 2.33. The van der Waals surface area contributed by atoms with Crippen LogP contribution in [-0.2, 0) is 18.3 Å². The first-order chi connectivity index (χ1) is 20.9. The minimum atomic E-state index is -0.707. The summed E-state index contributed by atoms with van der Waals surface area (Å²) >= 11 is 0. The minimum Gasteiger partial charge on any atom is -0.365 e. The van der Waals surface area contributed by atoms with Crippen LogP contribution in [0.15, 0.2) is 61.2 Å². The van der Waals surface area contributed by atoms with Gasteiger partial charge in [-0.2, -0.15) is 5.10 Å². The van der Waals surface area contributed by atoms with Gasteiger partial charge in [0.1, 0.15) is 40.7 Å². The number of carbonyl (C=O) groups excluding carboxylic acids is 1. The van der Waals surface area contributed by atoms with E-state index in [2.05, 4.69) is 25.7 Å². The lowest BCUT2D eigenvalue weighted by atomic mass is 10.1. The van der Waals surface area contributed by atoms with Gasteiger partial charge < -0.3 is 20.4 Å². The summed E-state index contributed by atoms with van der Waals surface area (Å²) in [5, 5.41) is 11.3. The van der Waals surface area contributed by atoms with E-state index in [1.165, 1.54) is 12.1 Å². The fraction of sp³-hybridized carbons (Fsp3) is 0.300. The number of nitrogens with zero attached hydrogens (tertiary/aromatic N) is 8. The molecule has 0 spiro atoms. The molecule has 11 nitrogen and oxygen atoms in total. The fourth-order valence-electron chi connectivity index (χ4n) is 6.06. The van der Waals surface area contributed by atoms with Gasteiger partial charge in [0, 0.05) is 51.7 Å². The SMILES string of the molecule is CN1CCCc2c(cnn2C)Nc2cccc(n2)N[C@H]2C[C@@H](C1=O)N(c1nccn3c(-c4ccc(F)cc4F)ncc13)C2. The molecule has 1 aromatic carbocycles. The maximum absolute atomic E-state index is 14.7. The van der Waals surface area contributed by atoms with Gasteiger partial charge in [0.2, 0.25) is 5.91 Å². The predicted molar refractivity (Wildman–Crippen MR) is 158 cm³/mol. The standard InChI is InChI=1S/C30H30F2N10O/c1-39-11-4-5-23-22(15-35-40(23)2)37-27-7-3-6-26(38-27)36-19-14-24(30(39)43)42(17-19)29-25-16-34-28(41(25)12-10-33-29)20-9-8-18(31)13-21(20)32/h3,6-10,12-13,15-16,19,24H,4-5,11,14,17H2,1-2H3,(H2,36,37,38)/t19-,24-/m0/s1. The molecule has 4 bridgehead atoms. The van der Waals surface area contributed by atoms with Crippen LogP contribution in [0.25, 0.3) is 16.9 Å². The van der Waals surface area contributed by atoms with Crippen molar-refractivity contribution in [1.29, 1.82) is 0 Å². The third kappa shape index (κ3) is 4.90. The quantitative estimate of drug-likeness (QED) is 0.321. The number of rotatable bonds is 2. The smallest absolute Gasteiger partial charge is 0.245 e. The van der Waals surface area contributed by atoms with Crippen molar-refractivity contribution in [1.82, 2.24) is 34.0 Å². The number of aryl methyl sites for hydroxylation is 1. The van der Waals surface area contributed by atoms with Gasteiger partial charge in [0.15, 0.2) is 5.82 Å². The van der Waals surface area contributed by atoms with E-state index in [1.54, 1.807) is 34.1 Å². The highest BCUT2D eigenvalue weighted by atomic mass is 19.1. The van der Waals surface area contributed by atoms with Crippen molar-refractivity contribution in [3.05, 3.63) is 78.5 Å². The molecule has 7 rings (SSSR count). The van der Waals surface area contributed by atoms with Crippen molar-refractivity contribution in [3.8, 4) is 11.4 Å². The largest absolute Gasteiger partial charge is 0.365 e. The zero-order chi connectivity index (χ0) is 29.7. The van der Waals surface area contributed by atoms with Crippen molar-refractivity contribution in [2.24, 2.45) is 7.05 Å². The van der Waals surface area contributed by atoms with Crippen LogP contribution in [0.1, 0.15) is 18.5 Å². The number of benzene rings is 1. The zero-order valence-corrected chi connectivity index (χ0v) is 23.7. The molecule has 2 N–H and O–H groups in total. The number of anilines is 4. The van der Waals surface area contributed by atoms with E-state index >= 15 is 0 Å². The molecule has 0 aliphatic carbocycles. The molecule has 6 heterocycles. The van der Waals surface area contributed by atoms with Crippen LogP contribution in [-0.4, -0.2) is 72.2 Å². The van der Waals surface area contributed by atoms with Crippen LogP contribution in [0.5, 0.6) is 0 Å². The molecule has 1 saturated heterocycles. The summed E-state index contributed by atoms with van der Waals surface area (Å²) in [6.07, 6.45) is 8.71. The van der Waals surface area contributed by atoms with Gasteiger partial charge in [-0.1, -0.05) is 6.07 Å². The Hall–Kier alpha value is -5.07. The number of aromatic nitrogens is 6. The average molecular weight is 585 g/mol. The number of fused-ring (bicyclic) bond motifs is 6. The van der Waals surface area contributed by atoms with Gasteiger partial charge in [-0.05, 0) is 43.5 Å². The topological polar surface area (TPSA) is 109 Å². The Morgan fingerprint density at radius 3 is 2.77 bits per heavy atom. The first-order valence-electron chi connectivity index (χ1n) is 14.2. The van der Waals surface area contributed by atoms with Crippen molar-refractivity contribution in [2.75, 3.05) is 35.7 Å². The van der Waals surface area contributed by atoms with Crippen LogP contribution in [0.4, 0.5) is 31.9 Å². The van der Waals surface area contributed by atoms with E-state index in [0.29, 0.717) is 48.3 Å². The molecule has 0 radical (unpaired) electrons. The predicted octanol–water partition coefficient (Wildman–Crippen LogP) is 4.01. The molecule has 2 atom stereocenters. The summed E-state index contributed by atoms with van der Waals surface area (Å²) in [4.78, 5) is 31.7. The van der Waals surface area contributed by atoms with Crippen LogP contribution in [0.3, 0.4) is 0 Å². The summed E-state index contributed by atoms with van der Waals surface area (Å²) < 4.78 is 31.9. The average Bonchev–Trinajstić information content (AvgIpc) is 3.70. The molecule has 0 unspecified atom stereocenters. The van der Waals surface area contributed by atoms with Crippen molar-refractivity contribution in [3.63, 3.8) is 0 Å². The van der Waals surface area contributed by atoms with Crippen LogP contribution in [0.2, 0.25) is 0 Å². The highest BCUT2D eigenvalue weighted by molar-refractivity contribution is 5.88. The number of imidazole rings is 1. The number of hydrogen-bond donors (Lipinski definition) is 2. The molecular weight excluding hydrogens is 554 g/mol. The molecule has 1 fully saturated rings. The Kier molecular flexibility index (Phi) is 6.63. The maximum atomic E-state index is 14.7. The zero-order valence-electron chi connectivity index (χ0n) is 23.7. The Labute approximate surface area is 246 Å². The summed E-state index contributed by atoms with van der Waals surface area (Å²) in [5.41, 5.74) is 2.71. The molecule has 4 aromatic heterocycles. The Morgan fingerprint density at radius 1 is 1.05 bits per heavy atom. The monoisotopic (exact) mass is 584 g/mol. The molecule has 43 heavy (non-hydrogen) atoms. The lowest BCUT2D eigenvalue weighted by Crippen LogP contribution is -2.45. The molecule has 2 aliphatic heterocycles. The first kappa shape index (κ1) is 26.8. The lowest BCUT2D eigenvalue weighted by molar-refractivity contribution is -0.131. The second-order valence-corrected chi connectivity index (χ2v) is 11.0.